The van der Waals surface area contributed by atoms with Crippen molar-refractivity contribution >= 4 is 22.1 Å². The van der Waals surface area contributed by atoms with Crippen LogP contribution in [0.15, 0.2) is 107 Å². The van der Waals surface area contributed by atoms with Crippen LogP contribution in [-0.4, -0.2) is 52.7 Å². The quantitative estimate of drug-likeness (QED) is 0.165. The van der Waals surface area contributed by atoms with Crippen molar-refractivity contribution in [1.82, 2.24) is 9.73 Å². The number of carbonyl (C=O) groups is 1. The van der Waals surface area contributed by atoms with E-state index in [2.05, 4.69) is 10.5 Å². The van der Waals surface area contributed by atoms with Crippen LogP contribution >= 0.6 is 0 Å². The largest absolute Gasteiger partial charge is 0.497 e. The SMILES string of the molecule is COc1ccc(OC)c(S(=O)(=O)N(CC(=O)N/N=C/c2ccc(OCc3ccccc3)c(OC)c2)Cc2ccccc2)c1. The number of hydrogen-bond donors (Lipinski definition) is 1. The number of hydrogen-bond acceptors (Lipinski definition) is 8. The average Bonchev–Trinajstić information content (AvgIpc) is 3.04. The third-order valence-corrected chi connectivity index (χ3v) is 8.15. The Labute approximate surface area is 251 Å². The Morgan fingerprint density at radius 2 is 1.44 bits per heavy atom. The van der Waals surface area contributed by atoms with E-state index >= 15 is 0 Å². The second kappa shape index (κ2) is 14.9. The Bertz CT molecular complexity index is 1650. The Morgan fingerprint density at radius 3 is 2.09 bits per heavy atom. The fourth-order valence-electron chi connectivity index (χ4n) is 4.13. The van der Waals surface area contributed by atoms with Gasteiger partial charge in [0.2, 0.25) is 10.0 Å². The number of rotatable bonds is 14. The number of sulfonamides is 1. The molecule has 0 fully saturated rings. The second-order valence-corrected chi connectivity index (χ2v) is 11.2. The van der Waals surface area contributed by atoms with Gasteiger partial charge in [-0.15, -0.1) is 0 Å². The van der Waals surface area contributed by atoms with Crippen LogP contribution < -0.4 is 24.4 Å². The van der Waals surface area contributed by atoms with Crippen LogP contribution in [-0.2, 0) is 28.0 Å². The zero-order chi connectivity index (χ0) is 30.7. The summed E-state index contributed by atoms with van der Waals surface area (Å²) in [6, 6.07) is 28.4. The maximum Gasteiger partial charge on any atom is 0.255 e. The third-order valence-electron chi connectivity index (χ3n) is 6.34. The highest BCUT2D eigenvalue weighted by Gasteiger charge is 2.30. The van der Waals surface area contributed by atoms with Gasteiger partial charge in [0.25, 0.3) is 5.91 Å². The first-order valence-corrected chi connectivity index (χ1v) is 14.7. The minimum atomic E-state index is -4.20. The lowest BCUT2D eigenvalue weighted by Crippen LogP contribution is -2.39. The smallest absolute Gasteiger partial charge is 0.255 e. The first-order valence-electron chi connectivity index (χ1n) is 13.3. The van der Waals surface area contributed by atoms with Crippen LogP contribution in [0.2, 0.25) is 0 Å². The summed E-state index contributed by atoms with van der Waals surface area (Å²) in [7, 11) is 0.146. The predicted octanol–water partition coefficient (Wildman–Crippen LogP) is 4.63. The van der Waals surface area contributed by atoms with Gasteiger partial charge in [-0.3, -0.25) is 4.79 Å². The molecule has 0 aliphatic rings. The molecule has 10 nitrogen and oxygen atoms in total. The van der Waals surface area contributed by atoms with E-state index in [4.69, 9.17) is 18.9 Å². The molecule has 0 atom stereocenters. The Balaban J connectivity index is 1.48. The molecule has 0 heterocycles. The van der Waals surface area contributed by atoms with Gasteiger partial charge in [0.15, 0.2) is 11.5 Å². The van der Waals surface area contributed by atoms with E-state index in [1.807, 2.05) is 36.4 Å². The molecule has 0 saturated heterocycles. The summed E-state index contributed by atoms with van der Waals surface area (Å²) in [6.45, 7) is -0.169. The van der Waals surface area contributed by atoms with E-state index in [9.17, 15) is 13.2 Å². The Hall–Kier alpha value is -4.87. The molecule has 0 bridgehead atoms. The van der Waals surface area contributed by atoms with E-state index in [0.717, 1.165) is 9.87 Å². The number of nitrogens with zero attached hydrogens (tertiary/aromatic N) is 2. The summed E-state index contributed by atoms with van der Waals surface area (Å²) in [5.74, 6) is 0.885. The molecule has 0 unspecified atom stereocenters. The maximum absolute atomic E-state index is 13.8. The van der Waals surface area contributed by atoms with Gasteiger partial charge in [-0.2, -0.15) is 9.41 Å². The second-order valence-electron chi connectivity index (χ2n) is 9.25. The lowest BCUT2D eigenvalue weighted by Gasteiger charge is -2.23. The van der Waals surface area contributed by atoms with Crippen molar-refractivity contribution in [2.75, 3.05) is 27.9 Å². The third kappa shape index (κ3) is 8.34. The average molecular weight is 604 g/mol. The number of benzene rings is 4. The van der Waals surface area contributed by atoms with Crippen LogP contribution in [0.25, 0.3) is 0 Å². The molecule has 0 aliphatic carbocycles. The summed E-state index contributed by atoms with van der Waals surface area (Å²) in [5.41, 5.74) is 4.77. The van der Waals surface area contributed by atoms with Crippen molar-refractivity contribution in [3.63, 3.8) is 0 Å². The maximum atomic E-state index is 13.8. The molecule has 0 radical (unpaired) electrons. The first kappa shape index (κ1) is 31.1. The highest BCUT2D eigenvalue weighted by Crippen LogP contribution is 2.31. The molecule has 1 amide bonds. The summed E-state index contributed by atoms with van der Waals surface area (Å²) in [4.78, 5) is 12.8. The van der Waals surface area contributed by atoms with Crippen molar-refractivity contribution in [2.45, 2.75) is 18.0 Å². The number of ether oxygens (including phenoxy) is 4. The van der Waals surface area contributed by atoms with E-state index in [-0.39, 0.29) is 17.2 Å². The van der Waals surface area contributed by atoms with Gasteiger partial charge in [-0.25, -0.2) is 13.8 Å². The minimum absolute atomic E-state index is 0.0533. The van der Waals surface area contributed by atoms with E-state index in [1.165, 1.54) is 39.7 Å². The molecule has 0 spiro atoms. The van der Waals surface area contributed by atoms with Crippen LogP contribution in [0.4, 0.5) is 0 Å². The van der Waals surface area contributed by atoms with Gasteiger partial charge in [-0.05, 0) is 47.0 Å². The molecule has 224 valence electrons. The number of nitrogens with one attached hydrogen (secondary N) is 1. The molecular weight excluding hydrogens is 570 g/mol. The molecule has 11 heteroatoms. The highest BCUT2D eigenvalue weighted by atomic mass is 32.2. The number of carbonyl (C=O) groups excluding carboxylic acids is 1. The van der Waals surface area contributed by atoms with Gasteiger partial charge >= 0.3 is 0 Å². The Morgan fingerprint density at radius 1 is 0.791 bits per heavy atom. The fraction of sp³-hybridized carbons (Fsp3) is 0.188. The molecule has 0 aliphatic heterocycles. The summed E-state index contributed by atoms with van der Waals surface area (Å²) in [5, 5.41) is 4.03. The van der Waals surface area contributed by atoms with Crippen molar-refractivity contribution in [2.24, 2.45) is 5.10 Å². The summed E-state index contributed by atoms with van der Waals surface area (Å²) in [6.07, 6.45) is 1.43. The zero-order valence-electron chi connectivity index (χ0n) is 24.1. The number of methoxy groups -OCH3 is 3. The van der Waals surface area contributed by atoms with E-state index < -0.39 is 22.5 Å². The van der Waals surface area contributed by atoms with E-state index in [0.29, 0.717) is 35.0 Å². The lowest BCUT2D eigenvalue weighted by atomic mass is 10.2. The van der Waals surface area contributed by atoms with Crippen LogP contribution in [0, 0.1) is 0 Å². The molecular formula is C32H33N3O7S. The molecule has 1 N–H and O–H groups in total. The van der Waals surface area contributed by atoms with Crippen molar-refractivity contribution < 1.29 is 32.2 Å². The van der Waals surface area contributed by atoms with Crippen LogP contribution in [0.3, 0.4) is 0 Å². The summed E-state index contributed by atoms with van der Waals surface area (Å²) >= 11 is 0. The van der Waals surface area contributed by atoms with Crippen LogP contribution in [0.5, 0.6) is 23.0 Å². The standard InChI is InChI=1S/C32H33N3O7S/c1-39-27-15-17-29(40-2)31(19-27)43(37,38)35(21-24-10-6-4-7-11-24)22-32(36)34-33-20-26-14-16-28(30(18-26)41-3)42-23-25-12-8-5-9-13-25/h4-20H,21-23H2,1-3H3,(H,34,36)/b33-20+. The van der Waals surface area contributed by atoms with E-state index in [1.54, 1.807) is 48.5 Å². The highest BCUT2D eigenvalue weighted by molar-refractivity contribution is 7.89. The molecule has 4 rings (SSSR count). The molecule has 0 aromatic heterocycles. The zero-order valence-corrected chi connectivity index (χ0v) is 24.9. The normalized spacial score (nSPS) is 11.3. The van der Waals surface area contributed by atoms with Crippen LogP contribution in [0.1, 0.15) is 16.7 Å². The number of amides is 1. The molecule has 4 aromatic carbocycles. The van der Waals surface area contributed by atoms with Gasteiger partial charge in [0.1, 0.15) is 23.0 Å². The fourth-order valence-corrected chi connectivity index (χ4v) is 5.69. The topological polar surface area (TPSA) is 116 Å². The number of hydrazone groups is 1. The minimum Gasteiger partial charge on any atom is -0.497 e. The van der Waals surface area contributed by atoms with Crippen molar-refractivity contribution in [1.29, 1.82) is 0 Å². The van der Waals surface area contributed by atoms with Crippen molar-refractivity contribution in [3.8, 4) is 23.0 Å². The lowest BCUT2D eigenvalue weighted by molar-refractivity contribution is -0.121. The first-order chi connectivity index (χ1) is 20.8. The summed E-state index contributed by atoms with van der Waals surface area (Å²) < 4.78 is 50.6. The van der Waals surface area contributed by atoms with Gasteiger partial charge < -0.3 is 18.9 Å². The van der Waals surface area contributed by atoms with Gasteiger partial charge in [0.05, 0.1) is 34.1 Å². The van der Waals surface area contributed by atoms with Gasteiger partial charge in [0, 0.05) is 12.6 Å². The Kier molecular flexibility index (Phi) is 10.7. The van der Waals surface area contributed by atoms with Crippen molar-refractivity contribution in [3.05, 3.63) is 114 Å². The molecule has 0 saturated carbocycles. The molecule has 4 aromatic rings. The van der Waals surface area contributed by atoms with Gasteiger partial charge in [-0.1, -0.05) is 60.7 Å². The predicted molar refractivity (Wildman–Crippen MR) is 163 cm³/mol. The molecule has 43 heavy (non-hydrogen) atoms. The monoisotopic (exact) mass is 603 g/mol.